The Morgan fingerprint density at radius 2 is 2.29 bits per heavy atom. The van der Waals surface area contributed by atoms with Crippen molar-refractivity contribution in [1.29, 1.82) is 0 Å². The first-order chi connectivity index (χ1) is 8.25. The fraction of sp³-hybridized carbons (Fsp3) is 0.538. The van der Waals surface area contributed by atoms with Crippen molar-refractivity contribution in [2.45, 2.75) is 38.6 Å². The van der Waals surface area contributed by atoms with Gasteiger partial charge in [-0.3, -0.25) is 9.78 Å². The second-order valence-electron chi connectivity index (χ2n) is 4.60. The lowest BCUT2D eigenvalue weighted by Gasteiger charge is -2.15. The summed E-state index contributed by atoms with van der Waals surface area (Å²) in [5.41, 5.74) is 1.83. The van der Waals surface area contributed by atoms with Gasteiger partial charge in [0.2, 0.25) is 5.91 Å². The van der Waals surface area contributed by atoms with Gasteiger partial charge < -0.3 is 10.6 Å². The average molecular weight is 233 g/mol. The number of hydrogen-bond donors (Lipinski definition) is 2. The maximum Gasteiger partial charge on any atom is 0.241 e. The third kappa shape index (κ3) is 3.53. The summed E-state index contributed by atoms with van der Waals surface area (Å²) in [4.78, 5) is 16.1. The third-order valence-electron chi connectivity index (χ3n) is 3.02. The molecule has 2 N–H and O–H groups in total. The summed E-state index contributed by atoms with van der Waals surface area (Å²) in [6.07, 6.45) is 7.88. The summed E-state index contributed by atoms with van der Waals surface area (Å²) in [5, 5.41) is 6.20. The van der Waals surface area contributed by atoms with Crippen LogP contribution in [0.5, 0.6) is 0 Å². The highest BCUT2D eigenvalue weighted by Crippen LogP contribution is 2.12. The molecule has 2 rings (SSSR count). The van der Waals surface area contributed by atoms with E-state index in [1.807, 2.05) is 13.0 Å². The molecule has 17 heavy (non-hydrogen) atoms. The Balaban J connectivity index is 1.95. The quantitative estimate of drug-likeness (QED) is 0.819. The topological polar surface area (TPSA) is 54.0 Å². The fourth-order valence-corrected chi connectivity index (χ4v) is 2.11. The molecule has 1 atom stereocenters. The van der Waals surface area contributed by atoms with Crippen molar-refractivity contribution in [3.05, 3.63) is 24.0 Å². The van der Waals surface area contributed by atoms with E-state index in [1.165, 1.54) is 6.42 Å². The molecular weight excluding hydrogens is 214 g/mol. The van der Waals surface area contributed by atoms with Gasteiger partial charge in [0.1, 0.15) is 0 Å². The molecule has 1 unspecified atom stereocenters. The zero-order valence-corrected chi connectivity index (χ0v) is 10.2. The van der Waals surface area contributed by atoms with Crippen LogP contribution in [0.25, 0.3) is 0 Å². The van der Waals surface area contributed by atoms with Crippen LogP contribution < -0.4 is 10.6 Å². The second kappa shape index (κ2) is 5.77. The zero-order chi connectivity index (χ0) is 12.1. The Kier molecular flexibility index (Phi) is 4.09. The smallest absolute Gasteiger partial charge is 0.241 e. The van der Waals surface area contributed by atoms with Crippen LogP contribution in [0, 0.1) is 6.92 Å². The van der Waals surface area contributed by atoms with Crippen LogP contribution >= 0.6 is 0 Å². The molecule has 0 saturated carbocycles. The summed E-state index contributed by atoms with van der Waals surface area (Å²) in [6, 6.07) is 1.87. The van der Waals surface area contributed by atoms with Gasteiger partial charge >= 0.3 is 0 Å². The van der Waals surface area contributed by atoms with Gasteiger partial charge in [-0.1, -0.05) is 12.8 Å². The molecule has 2 heterocycles. The van der Waals surface area contributed by atoms with Crippen LogP contribution in [0.3, 0.4) is 0 Å². The summed E-state index contributed by atoms with van der Waals surface area (Å²) in [6.45, 7) is 2.90. The second-order valence-corrected chi connectivity index (χ2v) is 4.60. The number of nitrogens with zero attached hydrogens (tertiary/aromatic N) is 1. The lowest BCUT2D eigenvalue weighted by molar-refractivity contribution is -0.118. The van der Waals surface area contributed by atoms with E-state index in [0.717, 1.165) is 37.1 Å². The number of carbonyl (C=O) groups is 1. The van der Waals surface area contributed by atoms with Crippen LogP contribution in [0.4, 0.5) is 5.69 Å². The minimum absolute atomic E-state index is 0.0549. The van der Waals surface area contributed by atoms with Crippen molar-refractivity contribution >= 4 is 11.6 Å². The monoisotopic (exact) mass is 233 g/mol. The highest BCUT2D eigenvalue weighted by atomic mass is 16.2. The van der Waals surface area contributed by atoms with E-state index < -0.39 is 0 Å². The van der Waals surface area contributed by atoms with E-state index in [0.29, 0.717) is 0 Å². The van der Waals surface area contributed by atoms with E-state index in [4.69, 9.17) is 0 Å². The van der Waals surface area contributed by atoms with E-state index in [9.17, 15) is 4.79 Å². The Labute approximate surface area is 102 Å². The number of hydrogen-bond acceptors (Lipinski definition) is 3. The SMILES string of the molecule is Cc1cncc(NC(=O)C2CCCCCN2)c1. The number of anilines is 1. The van der Waals surface area contributed by atoms with E-state index >= 15 is 0 Å². The van der Waals surface area contributed by atoms with Gasteiger partial charge in [0.15, 0.2) is 0 Å². The largest absolute Gasteiger partial charge is 0.323 e. The first-order valence-corrected chi connectivity index (χ1v) is 6.21. The number of amides is 1. The molecule has 0 aromatic carbocycles. The molecule has 92 valence electrons. The molecule has 0 bridgehead atoms. The molecule has 1 fully saturated rings. The highest BCUT2D eigenvalue weighted by molar-refractivity contribution is 5.94. The minimum atomic E-state index is -0.0574. The normalized spacial score (nSPS) is 20.6. The molecule has 1 aromatic heterocycles. The van der Waals surface area contributed by atoms with Crippen molar-refractivity contribution < 1.29 is 4.79 Å². The molecule has 0 spiro atoms. The predicted octanol–water partition coefficient (Wildman–Crippen LogP) is 1.86. The van der Waals surface area contributed by atoms with E-state index in [1.54, 1.807) is 12.4 Å². The lowest BCUT2D eigenvalue weighted by atomic mass is 10.1. The number of pyridine rings is 1. The fourth-order valence-electron chi connectivity index (χ4n) is 2.11. The standard InChI is InChI=1S/C13H19N3O/c1-10-7-11(9-14-8-10)16-13(17)12-5-3-2-4-6-15-12/h7-9,12,15H,2-6H2,1H3,(H,16,17). The zero-order valence-electron chi connectivity index (χ0n) is 10.2. The molecule has 1 saturated heterocycles. The average Bonchev–Trinajstić information content (AvgIpc) is 2.57. The number of nitrogens with one attached hydrogen (secondary N) is 2. The van der Waals surface area contributed by atoms with Crippen LogP contribution in [-0.2, 0) is 4.79 Å². The molecule has 1 aliphatic heterocycles. The van der Waals surface area contributed by atoms with Gasteiger partial charge in [-0.2, -0.15) is 0 Å². The molecule has 1 aromatic rings. The molecule has 0 radical (unpaired) electrons. The summed E-state index contributed by atoms with van der Waals surface area (Å²) >= 11 is 0. The highest BCUT2D eigenvalue weighted by Gasteiger charge is 2.19. The van der Waals surface area contributed by atoms with E-state index in [-0.39, 0.29) is 11.9 Å². The number of carbonyl (C=O) groups excluding carboxylic acids is 1. The molecule has 1 aliphatic rings. The van der Waals surface area contributed by atoms with Crippen molar-refractivity contribution in [2.24, 2.45) is 0 Å². The first kappa shape index (κ1) is 12.0. The van der Waals surface area contributed by atoms with Crippen molar-refractivity contribution in [1.82, 2.24) is 10.3 Å². The van der Waals surface area contributed by atoms with Crippen molar-refractivity contribution in [2.75, 3.05) is 11.9 Å². The van der Waals surface area contributed by atoms with Crippen LogP contribution in [-0.4, -0.2) is 23.5 Å². The molecule has 1 amide bonds. The van der Waals surface area contributed by atoms with Gasteiger partial charge in [-0.25, -0.2) is 0 Å². The Hall–Kier alpha value is -1.42. The van der Waals surface area contributed by atoms with Gasteiger partial charge in [0.05, 0.1) is 17.9 Å². The van der Waals surface area contributed by atoms with Gasteiger partial charge in [-0.15, -0.1) is 0 Å². The lowest BCUT2D eigenvalue weighted by Crippen LogP contribution is -2.39. The van der Waals surface area contributed by atoms with Gasteiger partial charge in [-0.05, 0) is 37.9 Å². The Morgan fingerprint density at radius 3 is 3.12 bits per heavy atom. The van der Waals surface area contributed by atoms with Crippen LogP contribution in [0.1, 0.15) is 31.2 Å². The van der Waals surface area contributed by atoms with Crippen molar-refractivity contribution in [3.8, 4) is 0 Å². The number of aromatic nitrogens is 1. The third-order valence-corrected chi connectivity index (χ3v) is 3.02. The Bertz CT molecular complexity index is 384. The van der Waals surface area contributed by atoms with Crippen LogP contribution in [0.15, 0.2) is 18.5 Å². The van der Waals surface area contributed by atoms with E-state index in [2.05, 4.69) is 15.6 Å². The van der Waals surface area contributed by atoms with Gasteiger partial charge in [0, 0.05) is 6.20 Å². The summed E-state index contributed by atoms with van der Waals surface area (Å²) < 4.78 is 0. The summed E-state index contributed by atoms with van der Waals surface area (Å²) in [5.74, 6) is 0.0549. The van der Waals surface area contributed by atoms with Gasteiger partial charge in [0.25, 0.3) is 0 Å². The predicted molar refractivity (Wildman–Crippen MR) is 67.9 cm³/mol. The van der Waals surface area contributed by atoms with Crippen molar-refractivity contribution in [3.63, 3.8) is 0 Å². The Morgan fingerprint density at radius 1 is 1.41 bits per heavy atom. The number of rotatable bonds is 2. The first-order valence-electron chi connectivity index (χ1n) is 6.21. The van der Waals surface area contributed by atoms with Crippen LogP contribution in [0.2, 0.25) is 0 Å². The number of aryl methyl sites for hydroxylation is 1. The molecule has 4 heteroatoms. The molecule has 4 nitrogen and oxygen atoms in total. The molecule has 0 aliphatic carbocycles. The maximum atomic E-state index is 12.0. The maximum absolute atomic E-state index is 12.0. The minimum Gasteiger partial charge on any atom is -0.323 e. The molecular formula is C13H19N3O. The summed E-state index contributed by atoms with van der Waals surface area (Å²) in [7, 11) is 0.